The van der Waals surface area contributed by atoms with Crippen molar-refractivity contribution in [3.05, 3.63) is 34.9 Å². The van der Waals surface area contributed by atoms with Crippen LogP contribution in [0.3, 0.4) is 0 Å². The lowest BCUT2D eigenvalue weighted by Gasteiger charge is -2.37. The summed E-state index contributed by atoms with van der Waals surface area (Å²) < 4.78 is 85.2. The van der Waals surface area contributed by atoms with Crippen LogP contribution in [-0.2, 0) is 12.4 Å². The minimum absolute atomic E-state index is 0.0163. The summed E-state index contributed by atoms with van der Waals surface area (Å²) in [6.07, 6.45) is -9.84. The van der Waals surface area contributed by atoms with E-state index in [-0.39, 0.29) is 29.6 Å². The van der Waals surface area contributed by atoms with Crippen LogP contribution in [0.1, 0.15) is 72.1 Å². The number of benzene rings is 1. The highest BCUT2D eigenvalue weighted by Crippen LogP contribution is 2.42. The first-order chi connectivity index (χ1) is 13.5. The van der Waals surface area contributed by atoms with Crippen LogP contribution in [0, 0.1) is 0 Å². The molecule has 0 N–H and O–H groups in total. The molecule has 0 unspecified atom stereocenters. The molecular formula is C21H31F6N2P. The van der Waals surface area contributed by atoms with Gasteiger partial charge in [-0.25, -0.2) is 0 Å². The fraction of sp³-hybridized carbons (Fsp3) is 0.667. The van der Waals surface area contributed by atoms with Crippen molar-refractivity contribution < 1.29 is 26.3 Å². The Bertz CT molecular complexity index is 688. The van der Waals surface area contributed by atoms with Crippen LogP contribution in [0.4, 0.5) is 26.3 Å². The molecule has 0 saturated heterocycles. The van der Waals surface area contributed by atoms with Crippen LogP contribution in [0.2, 0.25) is 0 Å². The van der Waals surface area contributed by atoms with E-state index in [1.807, 2.05) is 32.4 Å². The highest BCUT2D eigenvalue weighted by atomic mass is 31.1. The molecule has 0 aliphatic rings. The number of nitrogens with zero attached hydrogens (tertiary/aromatic N) is 2. The molecule has 0 aliphatic carbocycles. The molecule has 0 fully saturated rings. The molecule has 0 radical (unpaired) electrons. The molecule has 30 heavy (non-hydrogen) atoms. The van der Waals surface area contributed by atoms with Gasteiger partial charge in [-0.15, -0.1) is 0 Å². The third-order valence-electron chi connectivity index (χ3n) is 4.52. The Balaban J connectivity index is 4.12. The smallest absolute Gasteiger partial charge is 0.265 e. The second kappa shape index (κ2) is 10.0. The van der Waals surface area contributed by atoms with Crippen molar-refractivity contribution in [2.45, 2.75) is 91.9 Å². The Morgan fingerprint density at radius 1 is 0.700 bits per heavy atom. The Labute approximate surface area is 177 Å². The van der Waals surface area contributed by atoms with Crippen molar-refractivity contribution in [3.8, 4) is 0 Å². The number of rotatable bonds is 7. The van der Waals surface area contributed by atoms with E-state index in [0.717, 1.165) is 18.2 Å². The lowest BCUT2D eigenvalue weighted by Crippen LogP contribution is -2.44. The van der Waals surface area contributed by atoms with E-state index in [1.54, 1.807) is 32.6 Å². The highest BCUT2D eigenvalue weighted by Gasteiger charge is 2.43. The van der Waals surface area contributed by atoms with Gasteiger partial charge < -0.3 is 0 Å². The molecule has 9 heteroatoms. The zero-order chi connectivity index (χ0) is 23.6. The van der Waals surface area contributed by atoms with Crippen LogP contribution in [0.5, 0.6) is 0 Å². The summed E-state index contributed by atoms with van der Waals surface area (Å²) in [7, 11) is 0.303. The molecule has 1 aromatic rings. The predicted octanol–water partition coefficient (Wildman–Crippen LogP) is 7.30. The summed E-state index contributed by atoms with van der Waals surface area (Å²) in [6.45, 7) is 14.6. The standard InChI is InChI=1S/C21H31F6N2P/c1-12(2)28(13(3)4)19(30-29(14(5)6)15(7)8)18-16(20(22,23)24)10-9-11-17(18)21(25,26)27/h9-15H,1-8H3. The molecule has 2 nitrogen and oxygen atoms in total. The molecule has 0 aliphatic heterocycles. The van der Waals surface area contributed by atoms with Crippen LogP contribution >= 0.6 is 8.35 Å². The molecule has 0 heterocycles. The van der Waals surface area contributed by atoms with E-state index < -0.39 is 29.0 Å². The minimum Gasteiger partial charge on any atom is -0.265 e. The topological polar surface area (TPSA) is 6.48 Å². The van der Waals surface area contributed by atoms with Crippen molar-refractivity contribution in [1.82, 2.24) is 9.57 Å². The fourth-order valence-electron chi connectivity index (χ4n) is 3.52. The van der Waals surface area contributed by atoms with Crippen molar-refractivity contribution in [3.63, 3.8) is 0 Å². The Kier molecular flexibility index (Phi) is 8.98. The van der Waals surface area contributed by atoms with Gasteiger partial charge in [0.1, 0.15) is 0 Å². The lowest BCUT2D eigenvalue weighted by atomic mass is 9.98. The molecule has 1 aromatic carbocycles. The number of halogens is 6. The van der Waals surface area contributed by atoms with Gasteiger partial charge in [-0.05, 0) is 67.5 Å². The van der Waals surface area contributed by atoms with Crippen LogP contribution < -0.4 is 0 Å². The van der Waals surface area contributed by atoms with Gasteiger partial charge in [-0.2, -0.15) is 26.3 Å². The summed E-state index contributed by atoms with van der Waals surface area (Å²) in [5, 5.41) is 0. The molecule has 0 atom stereocenters. The Hall–Kier alpha value is -1.11. The maximum atomic E-state index is 13.9. The van der Waals surface area contributed by atoms with Gasteiger partial charge in [0.25, 0.3) is 0 Å². The molecule has 1 rings (SSSR count). The van der Waals surface area contributed by atoms with Crippen molar-refractivity contribution in [2.75, 3.05) is 0 Å². The second-order valence-corrected chi connectivity index (χ2v) is 9.40. The average Bonchev–Trinajstić information content (AvgIpc) is 2.54. The van der Waals surface area contributed by atoms with E-state index in [2.05, 4.69) is 0 Å². The van der Waals surface area contributed by atoms with E-state index in [0.29, 0.717) is 8.35 Å². The summed E-state index contributed by atoms with van der Waals surface area (Å²) in [6, 6.07) is 1.54. The van der Waals surface area contributed by atoms with Gasteiger partial charge in [-0.1, -0.05) is 6.07 Å². The SMILES string of the molecule is CC(C)N(P=C(c1c(C(F)(F)F)cccc1C(F)(F)F)N(C(C)C)C(C)C)C(C)C. The molecule has 0 bridgehead atoms. The molecule has 0 spiro atoms. The summed E-state index contributed by atoms with van der Waals surface area (Å²) in [4.78, 5) is 1.65. The summed E-state index contributed by atoms with van der Waals surface area (Å²) in [5.74, 6) is 0. The van der Waals surface area contributed by atoms with Crippen LogP contribution in [-0.4, -0.2) is 39.2 Å². The Morgan fingerprint density at radius 2 is 1.07 bits per heavy atom. The highest BCUT2D eigenvalue weighted by molar-refractivity contribution is 7.38. The van der Waals surface area contributed by atoms with Gasteiger partial charge in [0.05, 0.1) is 16.5 Å². The van der Waals surface area contributed by atoms with Crippen LogP contribution in [0.15, 0.2) is 18.2 Å². The second-order valence-electron chi connectivity index (χ2n) is 8.31. The largest absolute Gasteiger partial charge is 0.417 e. The maximum absolute atomic E-state index is 13.9. The number of hydrogen-bond donors (Lipinski definition) is 0. The molecule has 0 saturated carbocycles. The van der Waals surface area contributed by atoms with Gasteiger partial charge in [-0.3, -0.25) is 9.57 Å². The zero-order valence-corrected chi connectivity index (χ0v) is 19.5. The van der Waals surface area contributed by atoms with E-state index in [1.165, 1.54) is 0 Å². The molecule has 0 aromatic heterocycles. The van der Waals surface area contributed by atoms with Gasteiger partial charge in [0.2, 0.25) is 0 Å². The normalized spacial score (nSPS) is 14.3. The van der Waals surface area contributed by atoms with Gasteiger partial charge >= 0.3 is 12.4 Å². The van der Waals surface area contributed by atoms with E-state index in [9.17, 15) is 26.3 Å². The number of alkyl halides is 6. The van der Waals surface area contributed by atoms with Crippen molar-refractivity contribution in [2.24, 2.45) is 0 Å². The first kappa shape index (κ1) is 26.9. The molecule has 0 amide bonds. The average molecular weight is 456 g/mol. The minimum atomic E-state index is -4.92. The monoisotopic (exact) mass is 456 g/mol. The third-order valence-corrected chi connectivity index (χ3v) is 6.32. The summed E-state index contributed by atoms with van der Waals surface area (Å²) in [5.41, 5.74) is -3.30. The van der Waals surface area contributed by atoms with E-state index >= 15 is 0 Å². The fourth-order valence-corrected chi connectivity index (χ4v) is 5.11. The zero-order valence-electron chi connectivity index (χ0n) is 18.7. The first-order valence-corrected chi connectivity index (χ1v) is 10.8. The van der Waals surface area contributed by atoms with Gasteiger partial charge in [0, 0.05) is 38.1 Å². The predicted molar refractivity (Wildman–Crippen MR) is 112 cm³/mol. The van der Waals surface area contributed by atoms with E-state index in [4.69, 9.17) is 0 Å². The Morgan fingerprint density at radius 3 is 1.33 bits per heavy atom. The maximum Gasteiger partial charge on any atom is 0.417 e. The third kappa shape index (κ3) is 6.44. The quantitative estimate of drug-likeness (QED) is 0.314. The lowest BCUT2D eigenvalue weighted by molar-refractivity contribution is -0.143. The summed E-state index contributed by atoms with van der Waals surface area (Å²) >= 11 is 0. The first-order valence-electron chi connectivity index (χ1n) is 9.93. The van der Waals surface area contributed by atoms with Gasteiger partial charge in [0.15, 0.2) is 0 Å². The van der Waals surface area contributed by atoms with Crippen LogP contribution in [0.25, 0.3) is 0 Å². The van der Waals surface area contributed by atoms with Crippen molar-refractivity contribution in [1.29, 1.82) is 0 Å². The number of hydrogen-bond acceptors (Lipinski definition) is 1. The molecule has 172 valence electrons. The van der Waals surface area contributed by atoms with Crippen molar-refractivity contribution >= 4 is 13.8 Å². The molecular weight excluding hydrogens is 425 g/mol.